The van der Waals surface area contributed by atoms with Gasteiger partial charge in [0.25, 0.3) is 5.97 Å². The largest absolute Gasteiger partial charge is 0.343 e. The van der Waals surface area contributed by atoms with Crippen LogP contribution in [0.15, 0.2) is 12.1 Å². The number of unbranched alkanes of at least 4 members (excludes halogenated alkanes) is 8. The zero-order valence-electron chi connectivity index (χ0n) is 18.8. The highest BCUT2D eigenvalue weighted by Crippen LogP contribution is 2.30. The molecule has 0 fully saturated rings. The lowest BCUT2D eigenvalue weighted by Crippen LogP contribution is -2.42. The number of hydrogen-bond donors (Lipinski definition) is 1. The van der Waals surface area contributed by atoms with Crippen molar-refractivity contribution in [3.8, 4) is 0 Å². The molecule has 30 heavy (non-hydrogen) atoms. The van der Waals surface area contributed by atoms with E-state index >= 15 is 0 Å². The maximum absolute atomic E-state index is 13.7. The first-order valence-corrected chi connectivity index (χ1v) is 11.3. The van der Waals surface area contributed by atoms with E-state index < -0.39 is 23.4 Å². The van der Waals surface area contributed by atoms with Crippen LogP contribution in [0.3, 0.4) is 0 Å². The zero-order valence-corrected chi connectivity index (χ0v) is 18.8. The topological polar surface area (TPSA) is 38.7 Å². The van der Waals surface area contributed by atoms with Gasteiger partial charge < -0.3 is 14.6 Å². The third kappa shape index (κ3) is 9.36. The summed E-state index contributed by atoms with van der Waals surface area (Å²) in [5, 5.41) is 10.6. The smallest absolute Gasteiger partial charge is 0.282 e. The Bertz CT molecular complexity index is 591. The minimum Gasteiger partial charge on any atom is -0.343 e. The molecule has 1 atom stereocenters. The van der Waals surface area contributed by atoms with E-state index in [4.69, 9.17) is 9.47 Å². The van der Waals surface area contributed by atoms with Gasteiger partial charge in [-0.25, -0.2) is 13.2 Å². The lowest BCUT2D eigenvalue weighted by Gasteiger charge is -2.33. The van der Waals surface area contributed by atoms with Crippen molar-refractivity contribution in [3.05, 3.63) is 35.1 Å². The van der Waals surface area contributed by atoms with Crippen molar-refractivity contribution in [2.75, 3.05) is 14.2 Å². The summed E-state index contributed by atoms with van der Waals surface area (Å²) in [5.74, 6) is -4.54. The molecule has 0 heterocycles. The van der Waals surface area contributed by atoms with Gasteiger partial charge in [-0.3, -0.25) is 0 Å². The molecule has 0 saturated carbocycles. The second-order valence-corrected chi connectivity index (χ2v) is 8.10. The first-order valence-electron chi connectivity index (χ1n) is 11.3. The predicted molar refractivity (Wildman–Crippen MR) is 114 cm³/mol. The number of aryl methyl sites for hydroxylation is 1. The average Bonchev–Trinajstić information content (AvgIpc) is 2.74. The quantitative estimate of drug-likeness (QED) is 0.165. The zero-order chi connectivity index (χ0) is 22.4. The normalized spacial score (nSPS) is 13.0. The van der Waals surface area contributed by atoms with E-state index in [9.17, 15) is 18.3 Å². The molecule has 1 aromatic rings. The van der Waals surface area contributed by atoms with Crippen LogP contribution < -0.4 is 0 Å². The Morgan fingerprint density at radius 2 is 1.27 bits per heavy atom. The van der Waals surface area contributed by atoms with Crippen molar-refractivity contribution in [1.29, 1.82) is 0 Å². The monoisotopic (exact) mass is 432 g/mol. The fourth-order valence-corrected chi connectivity index (χ4v) is 3.91. The summed E-state index contributed by atoms with van der Waals surface area (Å²) in [7, 11) is 2.90. The Balaban J connectivity index is 2.37. The summed E-state index contributed by atoms with van der Waals surface area (Å²) in [4.78, 5) is 0. The van der Waals surface area contributed by atoms with Gasteiger partial charge in [-0.2, -0.15) is 0 Å². The third-order valence-electron chi connectivity index (χ3n) is 5.85. The van der Waals surface area contributed by atoms with Crippen molar-refractivity contribution in [3.63, 3.8) is 0 Å². The van der Waals surface area contributed by atoms with Crippen LogP contribution in [-0.2, 0) is 15.9 Å². The van der Waals surface area contributed by atoms with Crippen LogP contribution in [0.4, 0.5) is 13.2 Å². The third-order valence-corrected chi connectivity index (χ3v) is 5.85. The molecule has 0 radical (unpaired) electrons. The molecule has 1 rings (SSSR count). The SMILES string of the molecule is CCCCCCCCC(CCCCCCc1cc(F)c(F)cc1F)C(O)(OC)OC. The van der Waals surface area contributed by atoms with Crippen molar-refractivity contribution in [2.24, 2.45) is 5.92 Å². The number of aliphatic hydroxyl groups is 1. The summed E-state index contributed by atoms with van der Waals surface area (Å²) in [5.41, 5.74) is 0.211. The van der Waals surface area contributed by atoms with E-state index in [2.05, 4.69) is 6.92 Å². The van der Waals surface area contributed by atoms with Gasteiger partial charge in [0.15, 0.2) is 11.6 Å². The maximum atomic E-state index is 13.7. The van der Waals surface area contributed by atoms with Crippen molar-refractivity contribution >= 4 is 0 Å². The van der Waals surface area contributed by atoms with E-state index in [-0.39, 0.29) is 11.5 Å². The first kappa shape index (κ1) is 26.9. The lowest BCUT2D eigenvalue weighted by molar-refractivity contribution is -0.369. The molecule has 0 amide bonds. The van der Waals surface area contributed by atoms with Gasteiger partial charge in [0.2, 0.25) is 0 Å². The Labute approximate surface area is 180 Å². The average molecular weight is 433 g/mol. The fourth-order valence-electron chi connectivity index (χ4n) is 3.91. The molecule has 0 spiro atoms. The Morgan fingerprint density at radius 3 is 1.83 bits per heavy atom. The molecule has 0 aliphatic carbocycles. The standard InChI is InChI=1S/C24H39F3O3/c1-4-5-6-7-8-12-15-20(24(28,29-2)30-3)16-13-10-9-11-14-19-17-22(26)23(27)18-21(19)25/h17-18,20,28H,4-16H2,1-3H3. The molecule has 0 aliphatic rings. The van der Waals surface area contributed by atoms with Gasteiger partial charge in [0.05, 0.1) is 0 Å². The Morgan fingerprint density at radius 1 is 0.767 bits per heavy atom. The Kier molecular flexibility index (Phi) is 13.3. The van der Waals surface area contributed by atoms with Crippen LogP contribution in [0.2, 0.25) is 0 Å². The second kappa shape index (κ2) is 14.8. The van der Waals surface area contributed by atoms with E-state index in [1.807, 2.05) is 0 Å². The van der Waals surface area contributed by atoms with E-state index in [0.29, 0.717) is 18.9 Å². The molecule has 0 aliphatic heterocycles. The lowest BCUT2D eigenvalue weighted by atomic mass is 9.91. The molecule has 1 unspecified atom stereocenters. The molecule has 1 aromatic carbocycles. The number of benzene rings is 1. The second-order valence-electron chi connectivity index (χ2n) is 8.10. The predicted octanol–water partition coefficient (Wildman–Crippen LogP) is 6.90. The summed E-state index contributed by atoms with van der Waals surface area (Å²) in [6, 6.07) is 1.55. The number of rotatable bonds is 17. The molecule has 6 heteroatoms. The van der Waals surface area contributed by atoms with Gasteiger partial charge >= 0.3 is 0 Å². The van der Waals surface area contributed by atoms with Crippen molar-refractivity contribution in [1.82, 2.24) is 0 Å². The molecule has 3 nitrogen and oxygen atoms in total. The number of hydrogen-bond acceptors (Lipinski definition) is 3. The summed E-state index contributed by atoms with van der Waals surface area (Å²) in [6.45, 7) is 2.20. The van der Waals surface area contributed by atoms with Gasteiger partial charge in [0.1, 0.15) is 5.82 Å². The van der Waals surface area contributed by atoms with Crippen LogP contribution in [0.25, 0.3) is 0 Å². The number of ether oxygens (including phenoxy) is 2. The van der Waals surface area contributed by atoms with Crippen molar-refractivity contribution < 1.29 is 27.8 Å². The van der Waals surface area contributed by atoms with Crippen molar-refractivity contribution in [2.45, 2.75) is 96.4 Å². The number of methoxy groups -OCH3 is 2. The van der Waals surface area contributed by atoms with E-state index in [1.165, 1.54) is 39.9 Å². The fraction of sp³-hybridized carbons (Fsp3) is 0.750. The minimum atomic E-state index is -1.57. The molecule has 0 aromatic heterocycles. The van der Waals surface area contributed by atoms with Gasteiger partial charge in [-0.1, -0.05) is 64.7 Å². The number of halogens is 3. The highest BCUT2D eigenvalue weighted by atomic mass is 19.2. The summed E-state index contributed by atoms with van der Waals surface area (Å²) >= 11 is 0. The van der Waals surface area contributed by atoms with Crippen LogP contribution in [0.1, 0.15) is 89.5 Å². The maximum Gasteiger partial charge on any atom is 0.282 e. The van der Waals surface area contributed by atoms with Crippen LogP contribution in [-0.4, -0.2) is 25.3 Å². The molecular weight excluding hydrogens is 393 g/mol. The van der Waals surface area contributed by atoms with Crippen LogP contribution >= 0.6 is 0 Å². The van der Waals surface area contributed by atoms with Crippen LogP contribution in [0, 0.1) is 23.4 Å². The first-order chi connectivity index (χ1) is 14.4. The van der Waals surface area contributed by atoms with Gasteiger partial charge in [-0.05, 0) is 37.3 Å². The summed E-state index contributed by atoms with van der Waals surface area (Å²) in [6.07, 6.45) is 12.4. The Hall–Kier alpha value is -1.11. The highest BCUT2D eigenvalue weighted by Gasteiger charge is 2.36. The molecular formula is C24H39F3O3. The van der Waals surface area contributed by atoms with Crippen LogP contribution in [0.5, 0.6) is 0 Å². The molecule has 0 saturated heterocycles. The summed E-state index contributed by atoms with van der Waals surface area (Å²) < 4.78 is 50.4. The van der Waals surface area contributed by atoms with Gasteiger partial charge in [0, 0.05) is 26.2 Å². The molecule has 0 bridgehead atoms. The van der Waals surface area contributed by atoms with Gasteiger partial charge in [-0.15, -0.1) is 0 Å². The highest BCUT2D eigenvalue weighted by molar-refractivity contribution is 5.20. The molecule has 174 valence electrons. The minimum absolute atomic E-state index is 0.109. The van der Waals surface area contributed by atoms with E-state index in [1.54, 1.807) is 0 Å². The molecule has 1 N–H and O–H groups in total. The van der Waals surface area contributed by atoms with E-state index in [0.717, 1.165) is 51.0 Å².